The lowest BCUT2D eigenvalue weighted by Gasteiger charge is -2.12. The van der Waals surface area contributed by atoms with Crippen LogP contribution >= 0.6 is 11.6 Å². The molecule has 0 spiro atoms. The van der Waals surface area contributed by atoms with Crippen molar-refractivity contribution in [3.8, 4) is 5.75 Å². The number of aliphatic hydroxyl groups excluding tert-OH is 1. The van der Waals surface area contributed by atoms with Gasteiger partial charge in [-0.25, -0.2) is 0 Å². The molecule has 0 saturated carbocycles. The van der Waals surface area contributed by atoms with Crippen molar-refractivity contribution in [3.05, 3.63) is 64.7 Å². The lowest BCUT2D eigenvalue weighted by molar-refractivity contribution is 0.267. The zero-order valence-corrected chi connectivity index (χ0v) is 11.2. The Morgan fingerprint density at radius 2 is 1.89 bits per heavy atom. The zero-order chi connectivity index (χ0) is 13.7. The molecule has 100 valence electrons. The topological polar surface area (TPSA) is 55.5 Å². The van der Waals surface area contributed by atoms with Crippen LogP contribution in [0, 0.1) is 0 Å². The van der Waals surface area contributed by atoms with E-state index in [2.05, 4.69) is 0 Å². The fraction of sp³-hybridized carbons (Fsp3) is 0.200. The number of nitrogens with two attached hydrogens (primary N) is 1. The van der Waals surface area contributed by atoms with E-state index in [1.165, 1.54) is 0 Å². The number of halogens is 1. The molecule has 0 aliphatic heterocycles. The van der Waals surface area contributed by atoms with E-state index in [0.717, 1.165) is 11.1 Å². The Hall–Kier alpha value is -1.55. The molecule has 0 aliphatic carbocycles. The maximum Gasteiger partial charge on any atom is 0.138 e. The van der Waals surface area contributed by atoms with Crippen molar-refractivity contribution in [1.82, 2.24) is 0 Å². The van der Waals surface area contributed by atoms with E-state index in [9.17, 15) is 0 Å². The molecule has 2 rings (SSSR count). The third kappa shape index (κ3) is 3.70. The van der Waals surface area contributed by atoms with E-state index < -0.39 is 6.04 Å². The lowest BCUT2D eigenvalue weighted by Crippen LogP contribution is -2.14. The first-order chi connectivity index (χ1) is 9.20. The summed E-state index contributed by atoms with van der Waals surface area (Å²) in [6.45, 7) is 0.354. The van der Waals surface area contributed by atoms with E-state index in [4.69, 9.17) is 27.2 Å². The molecule has 0 aromatic heterocycles. The minimum atomic E-state index is -0.416. The summed E-state index contributed by atoms with van der Waals surface area (Å²) in [6, 6.07) is 14.8. The third-order valence-corrected chi connectivity index (χ3v) is 3.11. The van der Waals surface area contributed by atoms with Gasteiger partial charge in [0.25, 0.3) is 0 Å². The lowest BCUT2D eigenvalue weighted by atomic mass is 10.1. The first-order valence-electron chi connectivity index (χ1n) is 6.03. The predicted octanol–water partition coefficient (Wildman–Crippen LogP) is 2.91. The SMILES string of the molecule is N[C@@H](CO)c1ccc(OCc2ccccc2)c(Cl)c1. The normalized spacial score (nSPS) is 12.2. The molecule has 19 heavy (non-hydrogen) atoms. The maximum atomic E-state index is 9.00. The van der Waals surface area contributed by atoms with E-state index in [1.54, 1.807) is 12.1 Å². The molecular formula is C15H16ClNO2. The number of hydrogen-bond donors (Lipinski definition) is 2. The molecule has 2 aromatic carbocycles. The fourth-order valence-corrected chi connectivity index (χ4v) is 1.95. The highest BCUT2D eigenvalue weighted by Crippen LogP contribution is 2.28. The molecule has 3 nitrogen and oxygen atoms in total. The average Bonchev–Trinajstić information content (AvgIpc) is 2.46. The monoisotopic (exact) mass is 277 g/mol. The maximum absolute atomic E-state index is 9.00. The molecule has 4 heteroatoms. The molecule has 3 N–H and O–H groups in total. The molecule has 1 atom stereocenters. The summed E-state index contributed by atoms with van der Waals surface area (Å²) < 4.78 is 5.66. The minimum Gasteiger partial charge on any atom is -0.487 e. The van der Waals surface area contributed by atoms with Gasteiger partial charge >= 0.3 is 0 Å². The van der Waals surface area contributed by atoms with Gasteiger partial charge in [0.05, 0.1) is 17.7 Å². The highest BCUT2D eigenvalue weighted by Gasteiger charge is 2.08. The van der Waals surface area contributed by atoms with Gasteiger partial charge in [-0.1, -0.05) is 48.0 Å². The Labute approximate surface area is 117 Å². The first-order valence-corrected chi connectivity index (χ1v) is 6.41. The van der Waals surface area contributed by atoms with Gasteiger partial charge in [-0.3, -0.25) is 0 Å². The van der Waals surface area contributed by atoms with Gasteiger partial charge in [-0.2, -0.15) is 0 Å². The molecule has 0 unspecified atom stereocenters. The quantitative estimate of drug-likeness (QED) is 0.883. The summed E-state index contributed by atoms with van der Waals surface area (Å²) in [5.74, 6) is 0.611. The van der Waals surface area contributed by atoms with E-state index in [0.29, 0.717) is 17.4 Å². The van der Waals surface area contributed by atoms with E-state index in [-0.39, 0.29) is 6.61 Å². The molecule has 0 heterocycles. The van der Waals surface area contributed by atoms with Crippen LogP contribution in [-0.2, 0) is 6.61 Å². The molecule has 2 aromatic rings. The van der Waals surface area contributed by atoms with Gasteiger partial charge in [0.15, 0.2) is 0 Å². The second-order valence-electron chi connectivity index (χ2n) is 4.25. The standard InChI is InChI=1S/C15H16ClNO2/c16-13-8-12(14(17)9-18)6-7-15(13)19-10-11-4-2-1-3-5-11/h1-8,14,18H,9-10,17H2/t14-/m0/s1. The zero-order valence-electron chi connectivity index (χ0n) is 10.4. The predicted molar refractivity (Wildman–Crippen MR) is 76.2 cm³/mol. The van der Waals surface area contributed by atoms with Crippen molar-refractivity contribution >= 4 is 11.6 Å². The van der Waals surface area contributed by atoms with Gasteiger partial charge in [-0.05, 0) is 23.3 Å². The van der Waals surface area contributed by atoms with Crippen LogP contribution < -0.4 is 10.5 Å². The van der Waals surface area contributed by atoms with Crippen LogP contribution in [0.25, 0.3) is 0 Å². The number of hydrogen-bond acceptors (Lipinski definition) is 3. The number of aliphatic hydroxyl groups is 1. The molecular weight excluding hydrogens is 262 g/mol. The van der Waals surface area contributed by atoms with E-state index >= 15 is 0 Å². The highest BCUT2D eigenvalue weighted by molar-refractivity contribution is 6.32. The largest absolute Gasteiger partial charge is 0.487 e. The van der Waals surface area contributed by atoms with Crippen LogP contribution in [0.4, 0.5) is 0 Å². The molecule has 0 saturated heterocycles. The minimum absolute atomic E-state index is 0.111. The van der Waals surface area contributed by atoms with E-state index in [1.807, 2.05) is 36.4 Å². The summed E-state index contributed by atoms with van der Waals surface area (Å²) >= 11 is 6.13. The van der Waals surface area contributed by atoms with Gasteiger partial charge < -0.3 is 15.6 Å². The van der Waals surface area contributed by atoms with Gasteiger partial charge in [0.2, 0.25) is 0 Å². The second kappa shape index (κ2) is 6.57. The molecule has 0 aliphatic rings. The Balaban J connectivity index is 2.05. The van der Waals surface area contributed by atoms with Crippen LogP contribution in [-0.4, -0.2) is 11.7 Å². The molecule has 0 bridgehead atoms. The Morgan fingerprint density at radius 1 is 1.16 bits per heavy atom. The summed E-state index contributed by atoms with van der Waals surface area (Å²) in [6.07, 6.45) is 0. The van der Waals surface area contributed by atoms with Crippen LogP contribution in [0.15, 0.2) is 48.5 Å². The first kappa shape index (κ1) is 13.9. The van der Waals surface area contributed by atoms with Crippen molar-refractivity contribution in [3.63, 3.8) is 0 Å². The van der Waals surface area contributed by atoms with Crippen LogP contribution in [0.5, 0.6) is 5.75 Å². The highest BCUT2D eigenvalue weighted by atomic mass is 35.5. The fourth-order valence-electron chi connectivity index (χ4n) is 1.71. The van der Waals surface area contributed by atoms with Crippen molar-refractivity contribution in [2.24, 2.45) is 5.73 Å². The third-order valence-electron chi connectivity index (χ3n) is 2.82. The van der Waals surface area contributed by atoms with Crippen molar-refractivity contribution in [1.29, 1.82) is 0 Å². The number of ether oxygens (including phenoxy) is 1. The van der Waals surface area contributed by atoms with Gasteiger partial charge in [0.1, 0.15) is 12.4 Å². The van der Waals surface area contributed by atoms with Crippen LogP contribution in [0.3, 0.4) is 0 Å². The molecule has 0 fully saturated rings. The average molecular weight is 278 g/mol. The Kier molecular flexibility index (Phi) is 4.80. The Bertz CT molecular complexity index is 531. The second-order valence-corrected chi connectivity index (χ2v) is 4.66. The van der Waals surface area contributed by atoms with Crippen LogP contribution in [0.2, 0.25) is 5.02 Å². The van der Waals surface area contributed by atoms with Gasteiger partial charge in [-0.15, -0.1) is 0 Å². The summed E-state index contributed by atoms with van der Waals surface area (Å²) in [4.78, 5) is 0. The molecule has 0 radical (unpaired) electrons. The summed E-state index contributed by atoms with van der Waals surface area (Å²) in [5, 5.41) is 9.50. The van der Waals surface area contributed by atoms with Crippen LogP contribution in [0.1, 0.15) is 17.2 Å². The van der Waals surface area contributed by atoms with Crippen molar-refractivity contribution in [2.75, 3.05) is 6.61 Å². The summed E-state index contributed by atoms with van der Waals surface area (Å²) in [5.41, 5.74) is 7.60. The van der Waals surface area contributed by atoms with Crippen molar-refractivity contribution < 1.29 is 9.84 Å². The smallest absolute Gasteiger partial charge is 0.138 e. The molecule has 0 amide bonds. The van der Waals surface area contributed by atoms with Crippen molar-refractivity contribution in [2.45, 2.75) is 12.6 Å². The summed E-state index contributed by atoms with van der Waals surface area (Å²) in [7, 11) is 0. The Morgan fingerprint density at radius 3 is 2.53 bits per heavy atom. The van der Waals surface area contributed by atoms with Gasteiger partial charge in [0, 0.05) is 0 Å². The number of rotatable bonds is 5. The number of benzene rings is 2.